The molecule has 0 saturated carbocycles. The van der Waals surface area contributed by atoms with Crippen LogP contribution in [-0.4, -0.2) is 17.0 Å². The van der Waals surface area contributed by atoms with Crippen molar-refractivity contribution < 1.29 is 4.92 Å². The van der Waals surface area contributed by atoms with Crippen LogP contribution in [0.3, 0.4) is 0 Å². The standard InChI is InChI=1S/C18H14Cl2N6O2/c1-11(9-21)25(12(2)10-22)14-5-3-13(4-6-14)23-24-18-16(19)7-15(26(27)28)8-17(18)20/h3-8,11-12H,1-2H3. The first kappa shape index (κ1) is 21.1. The number of nitrogens with zero attached hydrogens (tertiary/aromatic N) is 6. The Hall–Kier alpha value is -3.20. The Balaban J connectivity index is 2.29. The second-order valence-corrected chi connectivity index (χ2v) is 6.56. The predicted octanol–water partition coefficient (Wildman–Crippen LogP) is 5.95. The van der Waals surface area contributed by atoms with Gasteiger partial charge in [-0.3, -0.25) is 10.1 Å². The minimum atomic E-state index is -0.604. The van der Waals surface area contributed by atoms with Gasteiger partial charge >= 0.3 is 0 Å². The summed E-state index contributed by atoms with van der Waals surface area (Å²) in [7, 11) is 0. The van der Waals surface area contributed by atoms with Crippen molar-refractivity contribution in [2.75, 3.05) is 4.90 Å². The smallest absolute Gasteiger partial charge is 0.272 e. The number of non-ortho nitro benzene ring substituents is 1. The summed E-state index contributed by atoms with van der Waals surface area (Å²) in [6, 6.07) is 12.3. The van der Waals surface area contributed by atoms with Crippen molar-refractivity contribution in [1.29, 1.82) is 10.5 Å². The fourth-order valence-electron chi connectivity index (χ4n) is 2.46. The highest BCUT2D eigenvalue weighted by Gasteiger charge is 2.20. The van der Waals surface area contributed by atoms with Crippen LogP contribution in [0.4, 0.5) is 22.7 Å². The molecule has 0 amide bonds. The highest BCUT2D eigenvalue weighted by molar-refractivity contribution is 6.39. The third-order valence-electron chi connectivity index (χ3n) is 3.83. The Morgan fingerprint density at radius 3 is 1.96 bits per heavy atom. The number of hydrogen-bond acceptors (Lipinski definition) is 7. The highest BCUT2D eigenvalue weighted by atomic mass is 35.5. The molecule has 8 nitrogen and oxygen atoms in total. The van der Waals surface area contributed by atoms with E-state index in [2.05, 4.69) is 22.4 Å². The predicted molar refractivity (Wildman–Crippen MR) is 106 cm³/mol. The second-order valence-electron chi connectivity index (χ2n) is 5.75. The summed E-state index contributed by atoms with van der Waals surface area (Å²) in [6.07, 6.45) is 0. The van der Waals surface area contributed by atoms with E-state index in [-0.39, 0.29) is 21.4 Å². The molecule has 2 atom stereocenters. The molecule has 0 radical (unpaired) electrons. The lowest BCUT2D eigenvalue weighted by Crippen LogP contribution is -2.38. The number of azo groups is 1. The Kier molecular flexibility index (Phi) is 6.89. The van der Waals surface area contributed by atoms with Crippen molar-refractivity contribution in [3.63, 3.8) is 0 Å². The fourth-order valence-corrected chi connectivity index (χ4v) is 3.01. The quantitative estimate of drug-likeness (QED) is 0.327. The van der Waals surface area contributed by atoms with Crippen molar-refractivity contribution in [1.82, 2.24) is 0 Å². The number of nitro benzene ring substituents is 1. The molecule has 2 rings (SSSR count). The van der Waals surface area contributed by atoms with Gasteiger partial charge in [-0.15, -0.1) is 5.11 Å². The number of nitro groups is 1. The largest absolute Gasteiger partial charge is 0.340 e. The lowest BCUT2D eigenvalue weighted by atomic mass is 10.1. The van der Waals surface area contributed by atoms with Crippen molar-refractivity contribution in [2.45, 2.75) is 25.9 Å². The number of rotatable bonds is 6. The van der Waals surface area contributed by atoms with Gasteiger partial charge in [0.05, 0.1) is 32.8 Å². The Labute approximate surface area is 171 Å². The molecule has 0 spiro atoms. The molecule has 0 N–H and O–H groups in total. The lowest BCUT2D eigenvalue weighted by molar-refractivity contribution is -0.384. The van der Waals surface area contributed by atoms with Crippen LogP contribution in [0.1, 0.15) is 13.8 Å². The summed E-state index contributed by atoms with van der Waals surface area (Å²) in [5, 5.41) is 37.2. The maximum absolute atomic E-state index is 10.8. The molecule has 0 aliphatic heterocycles. The van der Waals surface area contributed by atoms with Gasteiger partial charge in [0.1, 0.15) is 17.8 Å². The van der Waals surface area contributed by atoms with Crippen molar-refractivity contribution in [3.8, 4) is 12.1 Å². The maximum atomic E-state index is 10.8. The van der Waals surface area contributed by atoms with Gasteiger partial charge in [-0.1, -0.05) is 23.2 Å². The van der Waals surface area contributed by atoms with Crippen molar-refractivity contribution in [2.24, 2.45) is 10.2 Å². The van der Waals surface area contributed by atoms with Gasteiger partial charge in [-0.05, 0) is 38.1 Å². The normalized spacial score (nSPS) is 12.8. The third kappa shape index (κ3) is 4.74. The molecule has 28 heavy (non-hydrogen) atoms. The molecule has 0 aromatic heterocycles. The molecule has 0 saturated heterocycles. The molecule has 2 unspecified atom stereocenters. The van der Waals surface area contributed by atoms with Crippen LogP contribution >= 0.6 is 23.2 Å². The summed E-state index contributed by atoms with van der Waals surface area (Å²) in [5.74, 6) is 0. The average Bonchev–Trinajstić information content (AvgIpc) is 2.67. The summed E-state index contributed by atoms with van der Waals surface area (Å²) in [5.41, 5.74) is 1.05. The molecule has 10 heteroatoms. The molecule has 0 heterocycles. The monoisotopic (exact) mass is 416 g/mol. The summed E-state index contributed by atoms with van der Waals surface area (Å²) in [4.78, 5) is 11.9. The average molecular weight is 417 g/mol. The maximum Gasteiger partial charge on any atom is 0.272 e. The molecule has 142 valence electrons. The van der Waals surface area contributed by atoms with Crippen LogP contribution in [0.2, 0.25) is 10.0 Å². The van der Waals surface area contributed by atoms with Crippen LogP contribution in [0.25, 0.3) is 0 Å². The third-order valence-corrected chi connectivity index (χ3v) is 4.41. The van der Waals surface area contributed by atoms with E-state index in [4.69, 9.17) is 23.2 Å². The Morgan fingerprint density at radius 1 is 1.04 bits per heavy atom. The second kappa shape index (κ2) is 9.14. The fraction of sp³-hybridized carbons (Fsp3) is 0.222. The summed E-state index contributed by atoms with van der Waals surface area (Å²) >= 11 is 12.0. The van der Waals surface area contributed by atoms with E-state index < -0.39 is 17.0 Å². The summed E-state index contributed by atoms with van der Waals surface area (Å²) < 4.78 is 0. The molecule has 0 bridgehead atoms. The van der Waals surface area contributed by atoms with Crippen molar-refractivity contribution >= 4 is 46.0 Å². The number of benzene rings is 2. The van der Waals surface area contributed by atoms with Crippen LogP contribution in [-0.2, 0) is 0 Å². The zero-order chi connectivity index (χ0) is 20.8. The van der Waals surface area contributed by atoms with E-state index in [0.717, 1.165) is 12.1 Å². The van der Waals surface area contributed by atoms with E-state index in [1.54, 1.807) is 43.0 Å². The van der Waals surface area contributed by atoms with Gasteiger partial charge in [-0.2, -0.15) is 15.6 Å². The highest BCUT2D eigenvalue weighted by Crippen LogP contribution is 2.38. The van der Waals surface area contributed by atoms with Gasteiger partial charge in [0.25, 0.3) is 5.69 Å². The first-order chi connectivity index (χ1) is 13.3. The Morgan fingerprint density at radius 2 is 1.54 bits per heavy atom. The van der Waals surface area contributed by atoms with Gasteiger partial charge in [-0.25, -0.2) is 0 Å². The van der Waals surface area contributed by atoms with Gasteiger partial charge < -0.3 is 4.90 Å². The molecule has 0 aliphatic carbocycles. The van der Waals surface area contributed by atoms with Crippen molar-refractivity contribution in [3.05, 3.63) is 56.6 Å². The van der Waals surface area contributed by atoms with Gasteiger partial charge in [0.2, 0.25) is 0 Å². The zero-order valence-corrected chi connectivity index (χ0v) is 16.4. The number of halogens is 2. The van der Waals surface area contributed by atoms with Gasteiger partial charge in [0, 0.05) is 17.8 Å². The van der Waals surface area contributed by atoms with E-state index in [0.29, 0.717) is 11.4 Å². The topological polar surface area (TPSA) is 119 Å². The van der Waals surface area contributed by atoms with Crippen LogP contribution in [0.5, 0.6) is 0 Å². The molecule has 0 aliphatic rings. The Bertz CT molecular complexity index is 952. The summed E-state index contributed by atoms with van der Waals surface area (Å²) in [6.45, 7) is 3.42. The van der Waals surface area contributed by atoms with E-state index >= 15 is 0 Å². The minimum Gasteiger partial charge on any atom is -0.340 e. The number of anilines is 1. The SMILES string of the molecule is CC(C#N)N(c1ccc(N=Nc2c(Cl)cc([N+](=O)[O-])cc2Cl)cc1)C(C)C#N. The van der Waals surface area contributed by atoms with Crippen LogP contribution < -0.4 is 4.90 Å². The molecule has 0 fully saturated rings. The van der Waals surface area contributed by atoms with E-state index in [1.807, 2.05) is 0 Å². The number of hydrogen-bond donors (Lipinski definition) is 0. The van der Waals surface area contributed by atoms with E-state index in [1.165, 1.54) is 0 Å². The molecule has 2 aromatic rings. The zero-order valence-electron chi connectivity index (χ0n) is 14.9. The molecule has 2 aromatic carbocycles. The van der Waals surface area contributed by atoms with Crippen LogP contribution in [0.15, 0.2) is 46.6 Å². The molecular formula is C18H14Cl2N6O2. The minimum absolute atomic E-state index is 0.0106. The molecular weight excluding hydrogens is 403 g/mol. The number of nitriles is 2. The first-order valence-electron chi connectivity index (χ1n) is 8.01. The lowest BCUT2D eigenvalue weighted by Gasteiger charge is -2.29. The first-order valence-corrected chi connectivity index (χ1v) is 8.77. The van der Waals surface area contributed by atoms with E-state index in [9.17, 15) is 20.6 Å². The van der Waals surface area contributed by atoms with Crippen LogP contribution in [0, 0.1) is 32.8 Å². The van der Waals surface area contributed by atoms with Gasteiger partial charge in [0.15, 0.2) is 0 Å².